The molecule has 18 heavy (non-hydrogen) atoms. The van der Waals surface area contributed by atoms with Crippen molar-refractivity contribution in [1.29, 1.82) is 0 Å². The maximum absolute atomic E-state index is 7.50. The molecule has 0 spiro atoms. The summed E-state index contributed by atoms with van der Waals surface area (Å²) >= 11 is 4.40. The molecule has 5 heteroatoms. The van der Waals surface area contributed by atoms with Crippen LogP contribution in [0.4, 0.5) is 0 Å². The fourth-order valence-electron chi connectivity index (χ4n) is 1.66. The quantitative estimate of drug-likeness (QED) is 0.276. The molecule has 1 fully saturated rings. The number of halogens is 1. The Balaban J connectivity index is -0.000000328. The van der Waals surface area contributed by atoms with Gasteiger partial charge >= 0.3 is 57.1 Å². The van der Waals surface area contributed by atoms with E-state index < -0.39 is 0 Å². The van der Waals surface area contributed by atoms with Crippen molar-refractivity contribution in [3.8, 4) is 0 Å². The van der Waals surface area contributed by atoms with Gasteiger partial charge in [-0.3, -0.25) is 0 Å². The SMILES string of the molecule is COC[C]1[C](C)[C](C)[C](C)[C]1C.[C-]#[O+].[C-]#[O+].[Ru+][I]. The first kappa shape index (κ1) is 23.9. The Kier molecular flexibility index (Phi) is 21.0. The van der Waals surface area contributed by atoms with Gasteiger partial charge in [-0.2, -0.15) is 0 Å². The third-order valence-electron chi connectivity index (χ3n) is 2.88. The van der Waals surface area contributed by atoms with Crippen molar-refractivity contribution < 1.29 is 28.8 Å². The van der Waals surface area contributed by atoms with E-state index in [1.54, 1.807) is 7.11 Å². The summed E-state index contributed by atoms with van der Waals surface area (Å²) in [6.45, 7) is 18.4. The van der Waals surface area contributed by atoms with Gasteiger partial charge in [0.25, 0.3) is 0 Å². The standard InChI is InChI=1S/C11H17O.2CO.HI.Ru/c1-7-8(2)10(4)11(6-12-5)9(7)3;2*1-2;;/h6H2,1-5H3;;;1H;/q;;;;+2/p-1. The van der Waals surface area contributed by atoms with Crippen molar-refractivity contribution in [2.24, 2.45) is 0 Å². The average Bonchev–Trinajstić information content (AvgIpc) is 2.64. The van der Waals surface area contributed by atoms with Gasteiger partial charge in [-0.25, -0.2) is 0 Å². The van der Waals surface area contributed by atoms with E-state index in [1.165, 1.54) is 29.6 Å². The van der Waals surface area contributed by atoms with Crippen molar-refractivity contribution in [2.75, 3.05) is 13.7 Å². The third kappa shape index (κ3) is 7.40. The van der Waals surface area contributed by atoms with Crippen molar-refractivity contribution in [1.82, 2.24) is 0 Å². The van der Waals surface area contributed by atoms with Gasteiger partial charge in [0.05, 0.1) is 6.61 Å². The fourth-order valence-corrected chi connectivity index (χ4v) is 1.66. The van der Waals surface area contributed by atoms with E-state index in [2.05, 4.69) is 75.5 Å². The predicted molar refractivity (Wildman–Crippen MR) is 72.7 cm³/mol. The van der Waals surface area contributed by atoms with E-state index in [9.17, 15) is 0 Å². The monoisotopic (exact) mass is 450 g/mol. The molecule has 0 amide bonds. The Labute approximate surface area is 132 Å². The van der Waals surface area contributed by atoms with Gasteiger partial charge in [0.1, 0.15) is 0 Å². The molecule has 0 unspecified atom stereocenters. The minimum atomic E-state index is 0.742. The van der Waals surface area contributed by atoms with Crippen LogP contribution in [-0.2, 0) is 28.8 Å². The molecule has 0 aromatic heterocycles. The van der Waals surface area contributed by atoms with Crippen LogP contribution in [0, 0.1) is 42.9 Å². The molecule has 0 N–H and O–H groups in total. The van der Waals surface area contributed by atoms with Crippen molar-refractivity contribution >= 4 is 19.8 Å². The van der Waals surface area contributed by atoms with Gasteiger partial charge in [-0.1, -0.05) is 27.7 Å². The summed E-state index contributed by atoms with van der Waals surface area (Å²) in [7, 11) is 1.75. The molecule has 0 aromatic rings. The van der Waals surface area contributed by atoms with E-state index >= 15 is 0 Å². The second kappa shape index (κ2) is 15.8. The number of hydrogen-bond donors (Lipinski definition) is 0. The van der Waals surface area contributed by atoms with Crippen molar-refractivity contribution in [3.05, 3.63) is 42.9 Å². The normalized spacial score (nSPS) is 17.7. The van der Waals surface area contributed by atoms with Crippen LogP contribution in [0.3, 0.4) is 0 Å². The number of ether oxygens (including phenoxy) is 1. The van der Waals surface area contributed by atoms with Crippen LogP contribution in [0.5, 0.6) is 0 Å². The second-order valence-corrected chi connectivity index (χ2v) is 3.41. The maximum atomic E-state index is 7.50. The van der Waals surface area contributed by atoms with Gasteiger partial charge in [-0.15, -0.1) is 0 Å². The van der Waals surface area contributed by atoms with E-state index in [0.29, 0.717) is 0 Å². The van der Waals surface area contributed by atoms with Crippen LogP contribution in [0.25, 0.3) is 0 Å². The van der Waals surface area contributed by atoms with E-state index in [1.807, 2.05) is 0 Å². The summed E-state index contributed by atoms with van der Waals surface area (Å²) in [6, 6.07) is 0. The number of methoxy groups -OCH3 is 1. The molecule has 0 aliphatic heterocycles. The molecule has 0 saturated heterocycles. The molecule has 1 saturated carbocycles. The first-order valence-electron chi connectivity index (χ1n) is 4.84. The van der Waals surface area contributed by atoms with Crippen molar-refractivity contribution in [3.63, 3.8) is 0 Å². The Morgan fingerprint density at radius 2 is 1.17 bits per heavy atom. The van der Waals surface area contributed by atoms with Crippen LogP contribution in [0.15, 0.2) is 0 Å². The molecule has 101 valence electrons. The zero-order valence-electron chi connectivity index (χ0n) is 11.2. The summed E-state index contributed by atoms with van der Waals surface area (Å²) < 4.78 is 20.2. The molecule has 3 nitrogen and oxygen atoms in total. The van der Waals surface area contributed by atoms with Gasteiger partial charge in [-0.05, 0) is 23.7 Å². The molecule has 0 atom stereocenters. The summed E-state index contributed by atoms with van der Waals surface area (Å²) in [6.07, 6.45) is 0. The molecule has 0 heterocycles. The van der Waals surface area contributed by atoms with Gasteiger partial charge < -0.3 is 4.74 Å². The topological polar surface area (TPSA) is 49.0 Å². The summed E-state index contributed by atoms with van der Waals surface area (Å²) in [4.78, 5) is 0. The number of rotatable bonds is 2. The van der Waals surface area contributed by atoms with E-state index in [0.717, 1.165) is 6.61 Å². The van der Waals surface area contributed by atoms with Crippen LogP contribution in [0.2, 0.25) is 0 Å². The summed E-state index contributed by atoms with van der Waals surface area (Å²) in [5.41, 5.74) is 0. The van der Waals surface area contributed by atoms with E-state index in [4.69, 9.17) is 14.0 Å². The zero-order chi connectivity index (χ0) is 15.3. The second-order valence-electron chi connectivity index (χ2n) is 3.41. The van der Waals surface area contributed by atoms with E-state index in [-0.39, 0.29) is 0 Å². The van der Waals surface area contributed by atoms with Gasteiger partial charge in [0, 0.05) is 13.0 Å². The Morgan fingerprint density at radius 3 is 1.39 bits per heavy atom. The summed E-state index contributed by atoms with van der Waals surface area (Å²) in [5, 5.41) is 0. The molecule has 1 rings (SSSR count). The Bertz CT molecular complexity index is 201. The Morgan fingerprint density at radius 1 is 0.889 bits per heavy atom. The molecule has 1 aliphatic rings. The molecule has 0 bridgehead atoms. The molecule has 0 aromatic carbocycles. The Hall–Kier alpha value is 0.793. The molecular formula is C13H17IO3Ru+. The van der Waals surface area contributed by atoms with Crippen molar-refractivity contribution in [2.45, 2.75) is 27.7 Å². The van der Waals surface area contributed by atoms with Gasteiger partial charge in [0.2, 0.25) is 0 Å². The molecule has 1 aliphatic carbocycles. The minimum absolute atomic E-state index is 0.742. The number of hydrogen-bond acceptors (Lipinski definition) is 1. The average molecular weight is 449 g/mol. The molecule has 5 radical (unpaired) electrons. The third-order valence-corrected chi connectivity index (χ3v) is 2.88. The summed E-state index contributed by atoms with van der Waals surface area (Å²) in [5.74, 6) is 6.99. The van der Waals surface area contributed by atoms with Crippen LogP contribution < -0.4 is 0 Å². The first-order chi connectivity index (χ1) is 8.59. The van der Waals surface area contributed by atoms with Crippen LogP contribution >= 0.6 is 19.8 Å². The molecular weight excluding hydrogens is 432 g/mol. The van der Waals surface area contributed by atoms with Crippen LogP contribution in [0.1, 0.15) is 27.7 Å². The fraction of sp³-hybridized carbons (Fsp3) is 0.462. The zero-order valence-corrected chi connectivity index (χ0v) is 15.1. The van der Waals surface area contributed by atoms with Gasteiger partial charge in [0.15, 0.2) is 0 Å². The first-order valence-corrected chi connectivity index (χ1v) is 10.0. The predicted octanol–water partition coefficient (Wildman–Crippen LogP) is 3.41. The van der Waals surface area contributed by atoms with Crippen LogP contribution in [-0.4, -0.2) is 13.7 Å².